The molecule has 150 valence electrons. The number of fused-ring (bicyclic) bond motifs is 3. The largest absolute Gasteiger partial charge is 0.493 e. The van der Waals surface area contributed by atoms with Gasteiger partial charge in [-0.1, -0.05) is 6.07 Å². The Bertz CT molecular complexity index is 1180. The normalized spacial score (nSPS) is 15.6. The predicted molar refractivity (Wildman–Crippen MR) is 105 cm³/mol. The van der Waals surface area contributed by atoms with Crippen LogP contribution in [-0.2, 0) is 4.79 Å². The molecule has 0 bridgehead atoms. The summed E-state index contributed by atoms with van der Waals surface area (Å²) in [5.74, 6) is 0.912. The lowest BCUT2D eigenvalue weighted by Crippen LogP contribution is -2.22. The minimum atomic E-state index is -0.460. The van der Waals surface area contributed by atoms with Crippen molar-refractivity contribution in [3.8, 4) is 23.0 Å². The first-order valence-electron chi connectivity index (χ1n) is 9.05. The highest BCUT2D eigenvalue weighted by atomic mass is 16.5. The molecule has 7 nitrogen and oxygen atoms in total. The molecule has 0 amide bonds. The van der Waals surface area contributed by atoms with Crippen LogP contribution in [0.2, 0.25) is 0 Å². The van der Waals surface area contributed by atoms with Gasteiger partial charge in [-0.15, -0.1) is 0 Å². The predicted octanol–water partition coefficient (Wildman–Crippen LogP) is 3.57. The van der Waals surface area contributed by atoms with E-state index < -0.39 is 11.5 Å². The van der Waals surface area contributed by atoms with E-state index in [-0.39, 0.29) is 12.4 Å². The van der Waals surface area contributed by atoms with Crippen LogP contribution >= 0.6 is 0 Å². The lowest BCUT2D eigenvalue weighted by Gasteiger charge is -2.27. The summed E-state index contributed by atoms with van der Waals surface area (Å²) in [5, 5.41) is 0.783. The summed E-state index contributed by atoms with van der Waals surface area (Å²) in [7, 11) is 4.58. The Balaban J connectivity index is 2.04. The number of aryl methyl sites for hydroxylation is 1. The van der Waals surface area contributed by atoms with Gasteiger partial charge in [0.15, 0.2) is 11.5 Å². The Kier molecular flexibility index (Phi) is 4.66. The molecule has 2 aromatic carbocycles. The first-order valence-corrected chi connectivity index (χ1v) is 9.05. The van der Waals surface area contributed by atoms with Crippen LogP contribution in [0.15, 0.2) is 39.5 Å². The van der Waals surface area contributed by atoms with Crippen molar-refractivity contribution in [1.82, 2.24) is 0 Å². The van der Waals surface area contributed by atoms with Gasteiger partial charge < -0.3 is 23.4 Å². The third kappa shape index (κ3) is 2.99. The van der Waals surface area contributed by atoms with E-state index in [2.05, 4.69) is 0 Å². The fourth-order valence-electron chi connectivity index (χ4n) is 3.90. The zero-order valence-electron chi connectivity index (χ0n) is 16.5. The van der Waals surface area contributed by atoms with Crippen LogP contribution in [0.25, 0.3) is 11.0 Å². The van der Waals surface area contributed by atoms with E-state index in [0.29, 0.717) is 39.7 Å². The molecule has 0 saturated carbocycles. The lowest BCUT2D eigenvalue weighted by molar-refractivity contribution is -0.135. The van der Waals surface area contributed by atoms with Crippen molar-refractivity contribution in [2.75, 3.05) is 21.3 Å². The summed E-state index contributed by atoms with van der Waals surface area (Å²) >= 11 is 0. The number of carbonyl (C=O) groups excluding carboxylic acids is 1. The van der Waals surface area contributed by atoms with Gasteiger partial charge in [0.2, 0.25) is 5.75 Å². The lowest BCUT2D eigenvalue weighted by atomic mass is 9.84. The molecule has 1 unspecified atom stereocenters. The van der Waals surface area contributed by atoms with Gasteiger partial charge in [-0.3, -0.25) is 4.79 Å². The van der Waals surface area contributed by atoms with Crippen LogP contribution < -0.4 is 24.6 Å². The smallest absolute Gasteiger partial charge is 0.336 e. The molecule has 0 fully saturated rings. The molecular weight excluding hydrogens is 376 g/mol. The standard InChI is InChI=1S/C22H20O7/c1-11-9-17(23)29-20-12(11)5-7-15-19(20)14(10-18(24)28-15)13-6-8-16(25-2)22(27-4)21(13)26-3/h5-9,14H,10H2,1-4H3. The molecule has 3 aromatic rings. The number of esters is 1. The Morgan fingerprint density at radius 1 is 0.966 bits per heavy atom. The molecule has 4 rings (SSSR count). The number of rotatable bonds is 4. The van der Waals surface area contributed by atoms with E-state index in [0.717, 1.165) is 10.9 Å². The number of hydrogen-bond donors (Lipinski definition) is 0. The van der Waals surface area contributed by atoms with Crippen LogP contribution in [0, 0.1) is 6.92 Å². The number of carbonyl (C=O) groups is 1. The van der Waals surface area contributed by atoms with E-state index in [1.165, 1.54) is 27.4 Å². The quantitative estimate of drug-likeness (QED) is 0.379. The van der Waals surface area contributed by atoms with Crippen molar-refractivity contribution in [1.29, 1.82) is 0 Å². The van der Waals surface area contributed by atoms with Gasteiger partial charge in [-0.05, 0) is 30.7 Å². The Hall–Kier alpha value is -3.48. The van der Waals surface area contributed by atoms with Crippen molar-refractivity contribution < 1.29 is 28.2 Å². The van der Waals surface area contributed by atoms with E-state index in [1.807, 2.05) is 13.0 Å². The zero-order chi connectivity index (χ0) is 20.7. The van der Waals surface area contributed by atoms with Crippen LogP contribution in [0.4, 0.5) is 0 Å². The van der Waals surface area contributed by atoms with Crippen LogP contribution in [-0.4, -0.2) is 27.3 Å². The summed E-state index contributed by atoms with van der Waals surface area (Å²) in [6.07, 6.45) is 0.0651. The van der Waals surface area contributed by atoms with Crippen molar-refractivity contribution in [2.24, 2.45) is 0 Å². The van der Waals surface area contributed by atoms with Gasteiger partial charge in [0, 0.05) is 28.5 Å². The maximum atomic E-state index is 12.3. The molecule has 0 aliphatic carbocycles. The summed E-state index contributed by atoms with van der Waals surface area (Å²) in [6, 6.07) is 8.52. The van der Waals surface area contributed by atoms with Crippen LogP contribution in [0.3, 0.4) is 0 Å². The Morgan fingerprint density at radius 3 is 2.41 bits per heavy atom. The molecular formula is C22H20O7. The first kappa shape index (κ1) is 18.9. The molecule has 2 heterocycles. The summed E-state index contributed by atoms with van der Waals surface area (Å²) in [6.45, 7) is 1.84. The molecule has 1 aliphatic rings. The molecule has 0 saturated heterocycles. The highest BCUT2D eigenvalue weighted by Gasteiger charge is 2.35. The summed E-state index contributed by atoms with van der Waals surface area (Å²) in [4.78, 5) is 24.4. The average Bonchev–Trinajstić information content (AvgIpc) is 2.71. The van der Waals surface area contributed by atoms with Gasteiger partial charge in [0.25, 0.3) is 0 Å². The third-order valence-electron chi connectivity index (χ3n) is 5.17. The fourth-order valence-corrected chi connectivity index (χ4v) is 3.90. The zero-order valence-corrected chi connectivity index (χ0v) is 16.5. The second-order valence-corrected chi connectivity index (χ2v) is 6.76. The third-order valence-corrected chi connectivity index (χ3v) is 5.17. The molecule has 1 atom stereocenters. The van der Waals surface area contributed by atoms with Crippen LogP contribution in [0.1, 0.15) is 29.0 Å². The van der Waals surface area contributed by atoms with Crippen LogP contribution in [0.5, 0.6) is 23.0 Å². The molecule has 1 aromatic heterocycles. The summed E-state index contributed by atoms with van der Waals surface area (Å²) in [5.41, 5.74) is 2.07. The number of benzene rings is 2. The molecule has 7 heteroatoms. The fraction of sp³-hybridized carbons (Fsp3) is 0.273. The van der Waals surface area contributed by atoms with Crippen molar-refractivity contribution in [3.05, 3.63) is 57.4 Å². The van der Waals surface area contributed by atoms with Gasteiger partial charge in [-0.25, -0.2) is 4.79 Å². The molecule has 1 aliphatic heterocycles. The maximum Gasteiger partial charge on any atom is 0.336 e. The van der Waals surface area contributed by atoms with E-state index in [9.17, 15) is 9.59 Å². The highest BCUT2D eigenvalue weighted by Crippen LogP contribution is 2.49. The van der Waals surface area contributed by atoms with Crippen molar-refractivity contribution in [2.45, 2.75) is 19.3 Å². The second-order valence-electron chi connectivity index (χ2n) is 6.76. The Labute approximate surface area is 166 Å². The molecule has 0 radical (unpaired) electrons. The SMILES string of the molecule is COc1ccc(C2CC(=O)Oc3ccc4c(C)cc(=O)oc4c32)c(OC)c1OC. The van der Waals surface area contributed by atoms with E-state index >= 15 is 0 Å². The first-order chi connectivity index (χ1) is 14.0. The van der Waals surface area contributed by atoms with Gasteiger partial charge in [0.1, 0.15) is 11.3 Å². The monoisotopic (exact) mass is 396 g/mol. The van der Waals surface area contributed by atoms with Gasteiger partial charge in [-0.2, -0.15) is 0 Å². The molecule has 0 spiro atoms. The number of ether oxygens (including phenoxy) is 4. The minimum Gasteiger partial charge on any atom is -0.493 e. The minimum absolute atomic E-state index is 0.0651. The second kappa shape index (κ2) is 7.16. The topological polar surface area (TPSA) is 84.2 Å². The van der Waals surface area contributed by atoms with Crippen molar-refractivity contribution >= 4 is 16.9 Å². The van der Waals surface area contributed by atoms with Crippen molar-refractivity contribution in [3.63, 3.8) is 0 Å². The summed E-state index contributed by atoms with van der Waals surface area (Å²) < 4.78 is 27.5. The number of hydrogen-bond acceptors (Lipinski definition) is 7. The maximum absolute atomic E-state index is 12.3. The Morgan fingerprint density at radius 2 is 1.72 bits per heavy atom. The van der Waals surface area contributed by atoms with E-state index in [1.54, 1.807) is 18.2 Å². The number of methoxy groups -OCH3 is 3. The average molecular weight is 396 g/mol. The van der Waals surface area contributed by atoms with Gasteiger partial charge >= 0.3 is 11.6 Å². The van der Waals surface area contributed by atoms with E-state index in [4.69, 9.17) is 23.4 Å². The molecule has 29 heavy (non-hydrogen) atoms. The van der Waals surface area contributed by atoms with Gasteiger partial charge in [0.05, 0.1) is 27.8 Å². The highest BCUT2D eigenvalue weighted by molar-refractivity contribution is 5.90. The molecule has 0 N–H and O–H groups in total.